The largest absolute Gasteiger partial charge is 0.328 e. The van der Waals surface area contributed by atoms with E-state index in [1.165, 1.54) is 178 Å². The van der Waals surface area contributed by atoms with Crippen molar-refractivity contribution in [3.05, 3.63) is 36.5 Å². The van der Waals surface area contributed by atoms with Crippen LogP contribution in [-0.4, -0.2) is 31.7 Å². The first-order valence-corrected chi connectivity index (χ1v) is 17.9. The SMILES string of the molecule is CCCCCC=CCC=CCCCCCCCC[N+](C)(C)CCCCCCCCC=CCCCCCCCC. The highest BCUT2D eigenvalue weighted by Crippen LogP contribution is 2.13. The normalized spacial score (nSPS) is 12.6. The minimum absolute atomic E-state index is 1.12. The Labute approximate surface area is 248 Å². The number of unbranched alkanes of at least 4 members (excludes halogenated alkanes) is 21. The maximum Gasteiger partial charge on any atom is 0.0782 e. The Morgan fingerprint density at radius 3 is 1.03 bits per heavy atom. The molecule has 0 aromatic heterocycles. The molecular formula is C38H74N+. The summed E-state index contributed by atoms with van der Waals surface area (Å²) in [5.74, 6) is 0. The van der Waals surface area contributed by atoms with Crippen LogP contribution in [0.15, 0.2) is 36.5 Å². The van der Waals surface area contributed by atoms with Crippen molar-refractivity contribution in [3.63, 3.8) is 0 Å². The van der Waals surface area contributed by atoms with Crippen LogP contribution < -0.4 is 0 Å². The number of allylic oxidation sites excluding steroid dienone is 6. The molecule has 1 nitrogen and oxygen atoms in total. The van der Waals surface area contributed by atoms with Crippen molar-refractivity contribution in [2.75, 3.05) is 27.2 Å². The summed E-state index contributed by atoms with van der Waals surface area (Å²) in [6.45, 7) is 7.29. The van der Waals surface area contributed by atoms with Gasteiger partial charge in [-0.1, -0.05) is 134 Å². The van der Waals surface area contributed by atoms with Gasteiger partial charge in [-0.05, 0) is 83.5 Å². The summed E-state index contributed by atoms with van der Waals surface area (Å²) in [6, 6.07) is 0. The molecule has 0 amide bonds. The van der Waals surface area contributed by atoms with Crippen molar-refractivity contribution < 1.29 is 4.48 Å². The standard InChI is InChI=1S/C38H74N/c1-5-7-9-11-13-15-17-19-21-23-25-27-29-31-33-35-37-39(3,4)38-36-34-32-30-28-26-24-22-20-18-16-14-12-10-8-6-2/h13,15,19-22H,5-12,14,16-18,23-38H2,1-4H3/q+1. The number of hydrogen-bond donors (Lipinski definition) is 0. The molecule has 1 heteroatoms. The summed E-state index contributed by atoms with van der Waals surface area (Å²) in [5.41, 5.74) is 0. The highest BCUT2D eigenvalue weighted by Gasteiger charge is 2.13. The molecule has 0 aliphatic heterocycles. The Bertz CT molecular complexity index is 541. The van der Waals surface area contributed by atoms with Crippen LogP contribution in [0.2, 0.25) is 0 Å². The van der Waals surface area contributed by atoms with Crippen molar-refractivity contribution in [2.24, 2.45) is 0 Å². The van der Waals surface area contributed by atoms with Crippen LogP contribution in [0.25, 0.3) is 0 Å². The lowest BCUT2D eigenvalue weighted by Crippen LogP contribution is -2.41. The Hall–Kier alpha value is -0.820. The minimum Gasteiger partial charge on any atom is -0.328 e. The lowest BCUT2D eigenvalue weighted by atomic mass is 10.1. The molecule has 0 aromatic carbocycles. The highest BCUT2D eigenvalue weighted by atomic mass is 15.3. The molecule has 0 unspecified atom stereocenters. The van der Waals surface area contributed by atoms with E-state index in [1.807, 2.05) is 0 Å². The summed E-state index contributed by atoms with van der Waals surface area (Å²) in [6.07, 6.45) is 50.1. The molecule has 0 rings (SSSR count). The predicted molar refractivity (Wildman–Crippen MR) is 181 cm³/mol. The number of rotatable bonds is 31. The van der Waals surface area contributed by atoms with E-state index in [-0.39, 0.29) is 0 Å². The smallest absolute Gasteiger partial charge is 0.0782 e. The number of hydrogen-bond acceptors (Lipinski definition) is 0. The molecule has 0 aromatic rings. The van der Waals surface area contributed by atoms with Crippen LogP contribution in [0, 0.1) is 0 Å². The van der Waals surface area contributed by atoms with Crippen LogP contribution in [0.1, 0.15) is 181 Å². The number of quaternary nitrogens is 1. The van der Waals surface area contributed by atoms with E-state index >= 15 is 0 Å². The Morgan fingerprint density at radius 2 is 0.615 bits per heavy atom. The van der Waals surface area contributed by atoms with Gasteiger partial charge in [0.15, 0.2) is 0 Å². The monoisotopic (exact) mass is 545 g/mol. The molecule has 0 aliphatic carbocycles. The fourth-order valence-electron chi connectivity index (χ4n) is 5.43. The molecule has 0 atom stereocenters. The van der Waals surface area contributed by atoms with E-state index in [4.69, 9.17) is 0 Å². The third-order valence-electron chi connectivity index (χ3n) is 8.24. The molecule has 0 bridgehead atoms. The Morgan fingerprint density at radius 1 is 0.333 bits per heavy atom. The third-order valence-corrected chi connectivity index (χ3v) is 8.24. The van der Waals surface area contributed by atoms with Gasteiger partial charge >= 0.3 is 0 Å². The van der Waals surface area contributed by atoms with Crippen molar-refractivity contribution in [1.82, 2.24) is 0 Å². The van der Waals surface area contributed by atoms with Gasteiger partial charge in [0.2, 0.25) is 0 Å². The van der Waals surface area contributed by atoms with E-state index < -0.39 is 0 Å². The van der Waals surface area contributed by atoms with Crippen LogP contribution in [0.3, 0.4) is 0 Å². The minimum atomic E-state index is 1.12. The summed E-state index contributed by atoms with van der Waals surface area (Å²) < 4.78 is 1.22. The first-order chi connectivity index (χ1) is 19.1. The molecule has 0 saturated carbocycles. The summed E-state index contributed by atoms with van der Waals surface area (Å²) in [4.78, 5) is 0. The second-order valence-electron chi connectivity index (χ2n) is 12.9. The zero-order chi connectivity index (χ0) is 28.5. The van der Waals surface area contributed by atoms with Gasteiger partial charge in [-0.2, -0.15) is 0 Å². The van der Waals surface area contributed by atoms with Gasteiger partial charge < -0.3 is 4.48 Å². The fourth-order valence-corrected chi connectivity index (χ4v) is 5.43. The van der Waals surface area contributed by atoms with Crippen LogP contribution in [0.5, 0.6) is 0 Å². The van der Waals surface area contributed by atoms with E-state index in [0.29, 0.717) is 0 Å². The zero-order valence-electron chi connectivity index (χ0n) is 27.7. The zero-order valence-corrected chi connectivity index (χ0v) is 27.7. The molecule has 0 aliphatic rings. The molecule has 0 fully saturated rings. The van der Waals surface area contributed by atoms with Gasteiger partial charge in [-0.15, -0.1) is 0 Å². The van der Waals surface area contributed by atoms with E-state index in [1.54, 1.807) is 0 Å². The summed E-state index contributed by atoms with van der Waals surface area (Å²) in [5, 5.41) is 0. The van der Waals surface area contributed by atoms with Gasteiger partial charge in [0.05, 0.1) is 27.2 Å². The van der Waals surface area contributed by atoms with Crippen LogP contribution in [-0.2, 0) is 0 Å². The van der Waals surface area contributed by atoms with Crippen molar-refractivity contribution >= 4 is 0 Å². The topological polar surface area (TPSA) is 0 Å². The van der Waals surface area contributed by atoms with Crippen molar-refractivity contribution in [2.45, 2.75) is 181 Å². The Balaban J connectivity index is 3.39. The lowest BCUT2D eigenvalue weighted by Gasteiger charge is -2.30. The van der Waals surface area contributed by atoms with Crippen LogP contribution in [0.4, 0.5) is 0 Å². The molecule has 39 heavy (non-hydrogen) atoms. The van der Waals surface area contributed by atoms with E-state index in [2.05, 4.69) is 64.4 Å². The average molecular weight is 545 g/mol. The molecular weight excluding hydrogens is 470 g/mol. The van der Waals surface area contributed by atoms with Gasteiger partial charge in [-0.3, -0.25) is 0 Å². The first kappa shape index (κ1) is 38.2. The molecule has 0 N–H and O–H groups in total. The van der Waals surface area contributed by atoms with E-state index in [0.717, 1.165) is 6.42 Å². The summed E-state index contributed by atoms with van der Waals surface area (Å²) >= 11 is 0. The van der Waals surface area contributed by atoms with Crippen molar-refractivity contribution in [3.8, 4) is 0 Å². The van der Waals surface area contributed by atoms with Gasteiger partial charge in [0.1, 0.15) is 0 Å². The quantitative estimate of drug-likeness (QED) is 0.0462. The first-order valence-electron chi connectivity index (χ1n) is 17.9. The molecule has 0 radical (unpaired) electrons. The van der Waals surface area contributed by atoms with Gasteiger partial charge in [0.25, 0.3) is 0 Å². The second-order valence-corrected chi connectivity index (χ2v) is 12.9. The Kier molecular flexibility index (Phi) is 31.0. The maximum absolute atomic E-state index is 2.45. The van der Waals surface area contributed by atoms with E-state index in [9.17, 15) is 0 Å². The summed E-state index contributed by atoms with van der Waals surface area (Å²) in [7, 11) is 4.90. The fraction of sp³-hybridized carbons (Fsp3) is 0.842. The van der Waals surface area contributed by atoms with Gasteiger partial charge in [-0.25, -0.2) is 0 Å². The van der Waals surface area contributed by atoms with Crippen molar-refractivity contribution in [1.29, 1.82) is 0 Å². The molecule has 230 valence electrons. The predicted octanol–water partition coefficient (Wildman–Crippen LogP) is 12.9. The second kappa shape index (κ2) is 31.7. The highest BCUT2D eigenvalue weighted by molar-refractivity contribution is 4.92. The molecule has 0 heterocycles. The molecule has 0 saturated heterocycles. The number of nitrogens with zero attached hydrogens (tertiary/aromatic N) is 1. The maximum atomic E-state index is 2.45. The average Bonchev–Trinajstić information content (AvgIpc) is 2.92. The lowest BCUT2D eigenvalue weighted by molar-refractivity contribution is -0.890. The van der Waals surface area contributed by atoms with Gasteiger partial charge in [0, 0.05) is 0 Å². The molecule has 0 spiro atoms. The third kappa shape index (κ3) is 33.3. The van der Waals surface area contributed by atoms with Crippen LogP contribution >= 0.6 is 0 Å².